The Hall–Kier alpha value is -1.85. The van der Waals surface area contributed by atoms with E-state index in [2.05, 4.69) is 36.2 Å². The van der Waals surface area contributed by atoms with Crippen molar-refractivity contribution >= 4 is 17.7 Å². The average Bonchev–Trinajstić information content (AvgIpc) is 3.06. The molecule has 2 aliphatic heterocycles. The molecular formula is C21H24N2O2S. The van der Waals surface area contributed by atoms with Crippen LogP contribution < -0.4 is 0 Å². The molecule has 0 unspecified atom stereocenters. The number of benzene rings is 1. The lowest BCUT2D eigenvalue weighted by Crippen LogP contribution is -2.61. The minimum atomic E-state index is 0.206. The number of nitrogens with zero attached hydrogens (tertiary/aromatic N) is 2. The van der Waals surface area contributed by atoms with Gasteiger partial charge < -0.3 is 9.64 Å². The highest BCUT2D eigenvalue weighted by molar-refractivity contribution is 8.01. The van der Waals surface area contributed by atoms with Gasteiger partial charge in [0.1, 0.15) is 0 Å². The van der Waals surface area contributed by atoms with E-state index in [1.54, 1.807) is 6.20 Å². The number of hydrogen-bond acceptors (Lipinski definition) is 4. The van der Waals surface area contributed by atoms with E-state index in [4.69, 9.17) is 4.74 Å². The Morgan fingerprint density at radius 2 is 2.08 bits per heavy atom. The number of aromatic nitrogens is 1. The van der Waals surface area contributed by atoms with Crippen molar-refractivity contribution in [1.82, 2.24) is 9.88 Å². The molecule has 1 amide bonds. The molecule has 0 saturated carbocycles. The van der Waals surface area contributed by atoms with Crippen LogP contribution in [0.3, 0.4) is 0 Å². The number of carbonyl (C=O) groups excluding carboxylic acids is 1. The van der Waals surface area contributed by atoms with E-state index in [-0.39, 0.29) is 16.8 Å². The van der Waals surface area contributed by atoms with Crippen molar-refractivity contribution in [3.05, 3.63) is 65.5 Å². The minimum Gasteiger partial charge on any atom is -0.371 e. The Bertz CT molecular complexity index is 757. The van der Waals surface area contributed by atoms with Crippen LogP contribution in [0.4, 0.5) is 0 Å². The number of aryl methyl sites for hydroxylation is 1. The van der Waals surface area contributed by atoms with Crippen LogP contribution in [0.1, 0.15) is 23.2 Å². The average molecular weight is 369 g/mol. The highest BCUT2D eigenvalue weighted by atomic mass is 32.2. The molecule has 2 aliphatic rings. The number of rotatable bonds is 5. The first-order valence-electron chi connectivity index (χ1n) is 9.11. The smallest absolute Gasteiger partial charge is 0.227 e. The molecule has 2 fully saturated rings. The quantitative estimate of drug-likeness (QED) is 0.813. The van der Waals surface area contributed by atoms with Gasteiger partial charge in [-0.25, -0.2) is 0 Å². The van der Waals surface area contributed by atoms with Gasteiger partial charge >= 0.3 is 0 Å². The standard InChI is InChI=1S/C21H24N2O2S/c1-16-5-7-17(8-6-16)10-20(24)23-14-21(15-23)11-19(13-26-21)25-12-18-4-2-3-9-22-18/h2-9,19H,10-15H2,1H3/t19-/m0/s1. The lowest BCUT2D eigenvalue weighted by atomic mass is 9.92. The molecule has 2 aromatic rings. The minimum absolute atomic E-state index is 0.206. The molecule has 0 N–H and O–H groups in total. The van der Waals surface area contributed by atoms with Crippen molar-refractivity contribution in [2.45, 2.75) is 37.2 Å². The van der Waals surface area contributed by atoms with Crippen molar-refractivity contribution in [2.75, 3.05) is 18.8 Å². The lowest BCUT2D eigenvalue weighted by molar-refractivity contribution is -0.136. The molecule has 1 spiro atoms. The Kier molecular flexibility index (Phi) is 5.00. The number of carbonyl (C=O) groups is 1. The van der Waals surface area contributed by atoms with Crippen molar-refractivity contribution in [2.24, 2.45) is 0 Å². The molecule has 0 radical (unpaired) electrons. The van der Waals surface area contributed by atoms with E-state index in [0.717, 1.165) is 36.5 Å². The number of ether oxygens (including phenoxy) is 1. The molecular weight excluding hydrogens is 344 g/mol. The summed E-state index contributed by atoms with van der Waals surface area (Å²) < 4.78 is 6.24. The maximum Gasteiger partial charge on any atom is 0.227 e. The SMILES string of the molecule is Cc1ccc(CC(=O)N2CC3(C[C@H](OCc4ccccn4)CS3)C2)cc1. The van der Waals surface area contributed by atoms with Gasteiger partial charge in [0.15, 0.2) is 0 Å². The molecule has 136 valence electrons. The van der Waals surface area contributed by atoms with Gasteiger partial charge in [0.2, 0.25) is 5.91 Å². The van der Waals surface area contributed by atoms with E-state index >= 15 is 0 Å². The predicted octanol–water partition coefficient (Wildman–Crippen LogP) is 3.24. The Morgan fingerprint density at radius 3 is 2.81 bits per heavy atom. The molecule has 0 aliphatic carbocycles. The molecule has 4 rings (SSSR count). The van der Waals surface area contributed by atoms with Crippen LogP contribution in [0, 0.1) is 6.92 Å². The zero-order valence-electron chi connectivity index (χ0n) is 15.1. The Balaban J connectivity index is 1.23. The Labute approximate surface area is 159 Å². The summed E-state index contributed by atoms with van der Waals surface area (Å²) in [6.45, 7) is 4.34. The third kappa shape index (κ3) is 3.94. The van der Waals surface area contributed by atoms with Crippen molar-refractivity contribution in [3.8, 4) is 0 Å². The van der Waals surface area contributed by atoms with Crippen molar-refractivity contribution in [1.29, 1.82) is 0 Å². The molecule has 0 bridgehead atoms. The third-order valence-electron chi connectivity index (χ3n) is 5.15. The molecule has 1 aromatic heterocycles. The number of amides is 1. The fourth-order valence-electron chi connectivity index (χ4n) is 3.63. The first-order valence-corrected chi connectivity index (χ1v) is 10.1. The van der Waals surface area contributed by atoms with Gasteiger partial charge in [-0.15, -0.1) is 11.8 Å². The summed E-state index contributed by atoms with van der Waals surface area (Å²) in [5.74, 6) is 1.24. The van der Waals surface area contributed by atoms with E-state index in [0.29, 0.717) is 13.0 Å². The summed E-state index contributed by atoms with van der Waals surface area (Å²) in [5.41, 5.74) is 3.29. The summed E-state index contributed by atoms with van der Waals surface area (Å²) in [5, 5.41) is 0. The fraction of sp³-hybridized carbons (Fsp3) is 0.429. The second-order valence-corrected chi connectivity index (χ2v) is 8.85. The predicted molar refractivity (Wildman–Crippen MR) is 104 cm³/mol. The zero-order chi connectivity index (χ0) is 18.0. The number of pyridine rings is 1. The monoisotopic (exact) mass is 368 g/mol. The summed E-state index contributed by atoms with van der Waals surface area (Å²) in [6, 6.07) is 14.1. The van der Waals surface area contributed by atoms with Gasteiger partial charge in [0.25, 0.3) is 0 Å². The van der Waals surface area contributed by atoms with Crippen LogP contribution in [-0.2, 0) is 22.6 Å². The molecule has 26 heavy (non-hydrogen) atoms. The topological polar surface area (TPSA) is 42.4 Å². The lowest BCUT2D eigenvalue weighted by Gasteiger charge is -2.47. The van der Waals surface area contributed by atoms with Crippen LogP contribution in [0.5, 0.6) is 0 Å². The largest absolute Gasteiger partial charge is 0.371 e. The number of hydrogen-bond donors (Lipinski definition) is 0. The van der Waals surface area contributed by atoms with Gasteiger partial charge in [-0.05, 0) is 31.0 Å². The fourth-order valence-corrected chi connectivity index (χ4v) is 5.19. The van der Waals surface area contributed by atoms with E-state index < -0.39 is 0 Å². The zero-order valence-corrected chi connectivity index (χ0v) is 15.9. The Morgan fingerprint density at radius 1 is 1.27 bits per heavy atom. The maximum absolute atomic E-state index is 12.5. The molecule has 3 heterocycles. The normalized spacial score (nSPS) is 21.0. The van der Waals surface area contributed by atoms with Crippen LogP contribution in [0.15, 0.2) is 48.7 Å². The van der Waals surface area contributed by atoms with Gasteiger partial charge in [0, 0.05) is 25.0 Å². The molecule has 1 atom stereocenters. The van der Waals surface area contributed by atoms with Crippen molar-refractivity contribution in [3.63, 3.8) is 0 Å². The molecule has 5 heteroatoms. The molecule has 4 nitrogen and oxygen atoms in total. The first kappa shape index (κ1) is 17.6. The van der Waals surface area contributed by atoms with Crippen LogP contribution in [-0.4, -0.2) is 45.5 Å². The summed E-state index contributed by atoms with van der Waals surface area (Å²) >= 11 is 1.96. The molecule has 2 saturated heterocycles. The van der Waals surface area contributed by atoms with Crippen LogP contribution in [0.2, 0.25) is 0 Å². The highest BCUT2D eigenvalue weighted by Gasteiger charge is 2.50. The summed E-state index contributed by atoms with van der Waals surface area (Å²) in [7, 11) is 0. The second-order valence-electron chi connectivity index (χ2n) is 7.36. The summed E-state index contributed by atoms with van der Waals surface area (Å²) in [4.78, 5) is 18.8. The van der Waals surface area contributed by atoms with Gasteiger partial charge in [-0.3, -0.25) is 9.78 Å². The number of thioether (sulfide) groups is 1. The second kappa shape index (κ2) is 7.41. The van der Waals surface area contributed by atoms with Crippen molar-refractivity contribution < 1.29 is 9.53 Å². The first-order chi connectivity index (χ1) is 12.6. The van der Waals surface area contributed by atoms with Crippen LogP contribution >= 0.6 is 11.8 Å². The number of likely N-dealkylation sites (tertiary alicyclic amines) is 1. The molecule has 1 aromatic carbocycles. The van der Waals surface area contributed by atoms with Gasteiger partial charge in [-0.2, -0.15) is 0 Å². The maximum atomic E-state index is 12.5. The third-order valence-corrected chi connectivity index (χ3v) is 6.73. The van der Waals surface area contributed by atoms with E-state index in [1.165, 1.54) is 5.56 Å². The van der Waals surface area contributed by atoms with Gasteiger partial charge in [0.05, 0.1) is 29.6 Å². The van der Waals surface area contributed by atoms with Crippen LogP contribution in [0.25, 0.3) is 0 Å². The van der Waals surface area contributed by atoms with Gasteiger partial charge in [-0.1, -0.05) is 35.9 Å². The van der Waals surface area contributed by atoms with E-state index in [1.807, 2.05) is 34.9 Å². The summed E-state index contributed by atoms with van der Waals surface area (Å²) in [6.07, 6.45) is 3.59. The van der Waals surface area contributed by atoms with E-state index in [9.17, 15) is 4.79 Å². The highest BCUT2D eigenvalue weighted by Crippen LogP contribution is 2.46.